The molecule has 1 aliphatic heterocycles. The quantitative estimate of drug-likeness (QED) is 0.583. The summed E-state index contributed by atoms with van der Waals surface area (Å²) in [7, 11) is 0. The topological polar surface area (TPSA) is 55.3 Å². The highest BCUT2D eigenvalue weighted by atomic mass is 15.1. The molecule has 0 aromatic carbocycles. The molecule has 0 aromatic rings. The van der Waals surface area contributed by atoms with Gasteiger partial charge in [-0.05, 0) is 17.8 Å². The minimum absolute atomic E-state index is 0.632. The summed E-state index contributed by atoms with van der Waals surface area (Å²) in [6.45, 7) is 3.20. The van der Waals surface area contributed by atoms with Gasteiger partial charge in [0.15, 0.2) is 0 Å². The molecular formula is C8H15N3. The highest BCUT2D eigenvalue weighted by molar-refractivity contribution is 5.23. The van der Waals surface area contributed by atoms with Crippen molar-refractivity contribution in [1.82, 2.24) is 4.90 Å². The Morgan fingerprint density at radius 2 is 2.27 bits per heavy atom. The lowest BCUT2D eigenvalue weighted by Gasteiger charge is -2.21. The van der Waals surface area contributed by atoms with Crippen LogP contribution < -0.4 is 11.5 Å². The largest absolute Gasteiger partial charge is 0.372 e. The van der Waals surface area contributed by atoms with E-state index in [1.165, 1.54) is 5.57 Å². The van der Waals surface area contributed by atoms with E-state index in [4.69, 9.17) is 11.5 Å². The highest BCUT2D eigenvalue weighted by Crippen LogP contribution is 2.04. The fourth-order valence-corrected chi connectivity index (χ4v) is 1.05. The summed E-state index contributed by atoms with van der Waals surface area (Å²) in [5.74, 6) is 0. The van der Waals surface area contributed by atoms with E-state index in [-0.39, 0.29) is 0 Å². The minimum Gasteiger partial charge on any atom is -0.372 e. The molecule has 0 fully saturated rings. The van der Waals surface area contributed by atoms with Gasteiger partial charge in [-0.1, -0.05) is 6.08 Å². The fourth-order valence-electron chi connectivity index (χ4n) is 1.05. The Morgan fingerprint density at radius 3 is 2.73 bits per heavy atom. The summed E-state index contributed by atoms with van der Waals surface area (Å²) in [4.78, 5) is 2.17. The lowest BCUT2D eigenvalue weighted by Crippen LogP contribution is -2.27. The van der Waals surface area contributed by atoms with Gasteiger partial charge in [0, 0.05) is 26.2 Å². The molecule has 11 heavy (non-hydrogen) atoms. The summed E-state index contributed by atoms with van der Waals surface area (Å²) in [5.41, 5.74) is 12.1. The van der Waals surface area contributed by atoms with Crippen LogP contribution in [0.2, 0.25) is 0 Å². The third-order valence-corrected chi connectivity index (χ3v) is 1.74. The van der Waals surface area contributed by atoms with Crippen LogP contribution >= 0.6 is 0 Å². The van der Waals surface area contributed by atoms with Gasteiger partial charge >= 0.3 is 0 Å². The van der Waals surface area contributed by atoms with Crippen molar-refractivity contribution in [3.8, 4) is 0 Å². The molecule has 0 saturated heterocycles. The van der Waals surface area contributed by atoms with Crippen LogP contribution in [0.25, 0.3) is 0 Å². The Kier molecular flexibility index (Phi) is 3.14. The smallest absolute Gasteiger partial charge is 0.0360 e. The molecule has 0 spiro atoms. The van der Waals surface area contributed by atoms with E-state index in [1.54, 1.807) is 0 Å². The first kappa shape index (κ1) is 8.30. The highest BCUT2D eigenvalue weighted by Gasteiger charge is 2.00. The monoisotopic (exact) mass is 153 g/mol. The maximum absolute atomic E-state index is 5.46. The second kappa shape index (κ2) is 4.16. The van der Waals surface area contributed by atoms with Crippen molar-refractivity contribution in [2.45, 2.75) is 0 Å². The zero-order chi connectivity index (χ0) is 8.10. The number of nitrogens with zero attached hydrogens (tertiary/aromatic N) is 1. The van der Waals surface area contributed by atoms with Gasteiger partial charge in [-0.2, -0.15) is 0 Å². The molecule has 0 bridgehead atoms. The predicted molar refractivity (Wildman–Crippen MR) is 46.9 cm³/mol. The molecule has 0 aromatic heterocycles. The normalized spacial score (nSPS) is 16.9. The second-order valence-electron chi connectivity index (χ2n) is 2.58. The van der Waals surface area contributed by atoms with Gasteiger partial charge in [0.05, 0.1) is 0 Å². The molecule has 0 aliphatic carbocycles. The van der Waals surface area contributed by atoms with Gasteiger partial charge in [-0.25, -0.2) is 0 Å². The van der Waals surface area contributed by atoms with Gasteiger partial charge in [0.2, 0.25) is 0 Å². The molecule has 0 saturated carbocycles. The summed E-state index contributed by atoms with van der Waals surface area (Å²) in [6, 6.07) is 0. The number of hydrogen-bond donors (Lipinski definition) is 2. The maximum atomic E-state index is 5.46. The maximum Gasteiger partial charge on any atom is 0.0360 e. The van der Waals surface area contributed by atoms with E-state index < -0.39 is 0 Å². The first-order chi connectivity index (χ1) is 5.36. The standard InChI is InChI=1S/C8H15N3/c9-3-6-11-4-1-8(7-10)2-5-11/h1-2,4H,3,5-7,9-10H2. The SMILES string of the molecule is NCCN1C=CC(CN)=CC1. The van der Waals surface area contributed by atoms with Crippen molar-refractivity contribution in [1.29, 1.82) is 0 Å². The van der Waals surface area contributed by atoms with Gasteiger partial charge in [0.1, 0.15) is 0 Å². The molecule has 1 aliphatic rings. The molecule has 0 atom stereocenters. The third-order valence-electron chi connectivity index (χ3n) is 1.74. The van der Waals surface area contributed by atoms with Crippen LogP contribution in [0.3, 0.4) is 0 Å². The van der Waals surface area contributed by atoms with Crippen LogP contribution in [0, 0.1) is 0 Å². The Hall–Kier alpha value is -0.800. The lowest BCUT2D eigenvalue weighted by atomic mass is 10.2. The molecule has 1 heterocycles. The van der Waals surface area contributed by atoms with Gasteiger partial charge < -0.3 is 16.4 Å². The summed E-state index contributed by atoms with van der Waals surface area (Å²) in [6.07, 6.45) is 6.23. The van der Waals surface area contributed by atoms with E-state index in [0.717, 1.165) is 13.1 Å². The molecule has 62 valence electrons. The number of rotatable bonds is 3. The molecule has 1 rings (SSSR count). The van der Waals surface area contributed by atoms with Crippen molar-refractivity contribution < 1.29 is 0 Å². The van der Waals surface area contributed by atoms with Gasteiger partial charge in [-0.15, -0.1) is 0 Å². The molecule has 3 heteroatoms. The zero-order valence-electron chi connectivity index (χ0n) is 6.66. The van der Waals surface area contributed by atoms with E-state index >= 15 is 0 Å². The lowest BCUT2D eigenvalue weighted by molar-refractivity contribution is 0.420. The molecule has 4 N–H and O–H groups in total. The van der Waals surface area contributed by atoms with Crippen LogP contribution in [0.1, 0.15) is 0 Å². The van der Waals surface area contributed by atoms with Crippen molar-refractivity contribution >= 4 is 0 Å². The number of hydrogen-bond acceptors (Lipinski definition) is 3. The Morgan fingerprint density at radius 1 is 1.45 bits per heavy atom. The first-order valence-electron chi connectivity index (χ1n) is 3.88. The molecule has 0 amide bonds. The van der Waals surface area contributed by atoms with E-state index in [2.05, 4.69) is 17.2 Å². The molecular weight excluding hydrogens is 138 g/mol. The summed E-state index contributed by atoms with van der Waals surface area (Å²) in [5, 5.41) is 0. The van der Waals surface area contributed by atoms with Crippen LogP contribution in [0.4, 0.5) is 0 Å². The molecule has 0 unspecified atom stereocenters. The average molecular weight is 153 g/mol. The fraction of sp³-hybridized carbons (Fsp3) is 0.500. The van der Waals surface area contributed by atoms with Crippen LogP contribution in [0.15, 0.2) is 23.9 Å². The van der Waals surface area contributed by atoms with Crippen molar-refractivity contribution in [3.63, 3.8) is 0 Å². The predicted octanol–water partition coefficient (Wildman–Crippen LogP) is -0.341. The first-order valence-corrected chi connectivity index (χ1v) is 3.88. The Bertz CT molecular complexity index is 172. The average Bonchev–Trinajstić information content (AvgIpc) is 2.07. The van der Waals surface area contributed by atoms with Crippen LogP contribution in [0.5, 0.6) is 0 Å². The van der Waals surface area contributed by atoms with E-state index in [0.29, 0.717) is 13.1 Å². The number of nitrogens with two attached hydrogens (primary N) is 2. The Balaban J connectivity index is 2.37. The van der Waals surface area contributed by atoms with Crippen molar-refractivity contribution in [3.05, 3.63) is 23.9 Å². The Labute approximate surface area is 67.3 Å². The van der Waals surface area contributed by atoms with Crippen LogP contribution in [-0.4, -0.2) is 31.1 Å². The summed E-state index contributed by atoms with van der Waals surface area (Å²) >= 11 is 0. The minimum atomic E-state index is 0.632. The molecule has 3 nitrogen and oxygen atoms in total. The van der Waals surface area contributed by atoms with Gasteiger partial charge in [0.25, 0.3) is 0 Å². The van der Waals surface area contributed by atoms with E-state index in [9.17, 15) is 0 Å². The van der Waals surface area contributed by atoms with Crippen molar-refractivity contribution in [2.24, 2.45) is 11.5 Å². The second-order valence-corrected chi connectivity index (χ2v) is 2.58. The molecule has 0 radical (unpaired) electrons. The summed E-state index contributed by atoms with van der Waals surface area (Å²) < 4.78 is 0. The van der Waals surface area contributed by atoms with Gasteiger partial charge in [-0.3, -0.25) is 0 Å². The zero-order valence-corrected chi connectivity index (χ0v) is 6.66. The van der Waals surface area contributed by atoms with Crippen molar-refractivity contribution in [2.75, 3.05) is 26.2 Å². The third kappa shape index (κ3) is 2.37. The van der Waals surface area contributed by atoms with Crippen LogP contribution in [-0.2, 0) is 0 Å². The van der Waals surface area contributed by atoms with E-state index in [1.807, 2.05) is 6.08 Å².